The van der Waals surface area contributed by atoms with Crippen LogP contribution in [-0.4, -0.2) is 10.7 Å². The van der Waals surface area contributed by atoms with Gasteiger partial charge in [-0.1, -0.05) is 6.08 Å². The van der Waals surface area contributed by atoms with Crippen molar-refractivity contribution in [1.29, 1.82) is 0 Å². The molecule has 4 nitrogen and oxygen atoms in total. The number of carbonyl (C=O) groups excluding carboxylic acids is 1. The Labute approximate surface area is 86.4 Å². The minimum absolute atomic E-state index is 0.00965. The van der Waals surface area contributed by atoms with Gasteiger partial charge < -0.3 is 0 Å². The Bertz CT molecular complexity index is 452. The van der Waals surface area contributed by atoms with Crippen LogP contribution < -0.4 is 0 Å². The molecule has 0 aromatic heterocycles. The number of allylic oxidation sites excluding steroid dienone is 1. The minimum Gasteiger partial charge on any atom is -0.280 e. The van der Waals surface area contributed by atoms with Crippen LogP contribution in [0.2, 0.25) is 0 Å². The lowest BCUT2D eigenvalue weighted by Crippen LogP contribution is -1.87. The van der Waals surface area contributed by atoms with Crippen LogP contribution in [0.5, 0.6) is 0 Å². The SMILES string of the molecule is C#CC(=O)C=Cc1ccc([N+](=O)[O-])cc1. The van der Waals surface area contributed by atoms with Crippen molar-refractivity contribution in [3.05, 3.63) is 46.0 Å². The summed E-state index contributed by atoms with van der Waals surface area (Å²) in [6.45, 7) is 0. The van der Waals surface area contributed by atoms with Gasteiger partial charge in [-0.25, -0.2) is 0 Å². The molecule has 0 fully saturated rings. The van der Waals surface area contributed by atoms with E-state index in [0.717, 1.165) is 0 Å². The van der Waals surface area contributed by atoms with E-state index in [9.17, 15) is 14.9 Å². The zero-order chi connectivity index (χ0) is 11.3. The van der Waals surface area contributed by atoms with Crippen molar-refractivity contribution < 1.29 is 9.72 Å². The number of nitro benzene ring substituents is 1. The molecule has 0 spiro atoms. The molecule has 0 N–H and O–H groups in total. The Morgan fingerprint density at radius 3 is 2.47 bits per heavy atom. The molecular formula is C11H7NO3. The van der Waals surface area contributed by atoms with Gasteiger partial charge in [0.25, 0.3) is 5.69 Å². The fraction of sp³-hybridized carbons (Fsp3) is 0. The zero-order valence-corrected chi connectivity index (χ0v) is 7.71. The Balaban J connectivity index is 2.82. The maximum atomic E-state index is 10.7. The predicted molar refractivity (Wildman–Crippen MR) is 56.0 cm³/mol. The van der Waals surface area contributed by atoms with E-state index in [-0.39, 0.29) is 5.69 Å². The predicted octanol–water partition coefficient (Wildman–Crippen LogP) is 1.81. The first kappa shape index (κ1) is 10.7. The third-order valence-corrected chi connectivity index (χ3v) is 1.67. The lowest BCUT2D eigenvalue weighted by Gasteiger charge is -1.92. The van der Waals surface area contributed by atoms with Crippen LogP contribution >= 0.6 is 0 Å². The number of hydrogen-bond acceptors (Lipinski definition) is 3. The third kappa shape index (κ3) is 3.08. The molecule has 0 amide bonds. The lowest BCUT2D eigenvalue weighted by atomic mass is 10.2. The van der Waals surface area contributed by atoms with Gasteiger partial charge in [0, 0.05) is 12.1 Å². The number of benzene rings is 1. The Hall–Kier alpha value is -2.41. The summed E-state index contributed by atoms with van der Waals surface area (Å²) >= 11 is 0. The summed E-state index contributed by atoms with van der Waals surface area (Å²) in [6, 6.07) is 5.80. The summed E-state index contributed by atoms with van der Waals surface area (Å²) in [6.07, 6.45) is 7.60. The van der Waals surface area contributed by atoms with Gasteiger partial charge in [-0.15, -0.1) is 6.42 Å². The Kier molecular flexibility index (Phi) is 3.36. The highest BCUT2D eigenvalue weighted by molar-refractivity contribution is 6.06. The van der Waals surface area contributed by atoms with Crippen molar-refractivity contribution in [1.82, 2.24) is 0 Å². The van der Waals surface area contributed by atoms with Crippen LogP contribution in [0.4, 0.5) is 5.69 Å². The van der Waals surface area contributed by atoms with Gasteiger partial charge >= 0.3 is 0 Å². The summed E-state index contributed by atoms with van der Waals surface area (Å²) in [5, 5.41) is 10.3. The maximum absolute atomic E-state index is 10.7. The minimum atomic E-state index is -0.486. The van der Waals surface area contributed by atoms with Gasteiger partial charge in [-0.05, 0) is 29.7 Å². The highest BCUT2D eigenvalue weighted by Gasteiger charge is 2.02. The van der Waals surface area contributed by atoms with Gasteiger partial charge in [0.05, 0.1) is 4.92 Å². The normalized spacial score (nSPS) is 9.80. The second-order valence-electron chi connectivity index (χ2n) is 2.69. The third-order valence-electron chi connectivity index (χ3n) is 1.67. The van der Waals surface area contributed by atoms with E-state index in [1.165, 1.54) is 24.3 Å². The van der Waals surface area contributed by atoms with E-state index in [1.54, 1.807) is 12.1 Å². The number of ketones is 1. The molecule has 0 aliphatic heterocycles. The molecule has 4 heteroatoms. The monoisotopic (exact) mass is 201 g/mol. The second kappa shape index (κ2) is 4.72. The molecule has 1 aromatic rings. The van der Waals surface area contributed by atoms with E-state index < -0.39 is 10.7 Å². The maximum Gasteiger partial charge on any atom is 0.269 e. The number of rotatable bonds is 3. The molecule has 74 valence electrons. The number of terminal acetylenes is 1. The standard InChI is InChI=1S/C11H7NO3/c1-2-11(13)8-5-9-3-6-10(7-4-9)12(14)15/h1,3-8H. The molecule has 0 aliphatic rings. The molecule has 0 saturated heterocycles. The first-order valence-corrected chi connectivity index (χ1v) is 4.06. The largest absolute Gasteiger partial charge is 0.280 e. The van der Waals surface area contributed by atoms with Crippen molar-refractivity contribution in [2.45, 2.75) is 0 Å². The van der Waals surface area contributed by atoms with E-state index in [1.807, 2.05) is 5.92 Å². The van der Waals surface area contributed by atoms with Crippen LogP contribution in [0.15, 0.2) is 30.3 Å². The van der Waals surface area contributed by atoms with Crippen LogP contribution in [0.25, 0.3) is 6.08 Å². The van der Waals surface area contributed by atoms with Crippen LogP contribution in [-0.2, 0) is 4.79 Å². The fourth-order valence-electron chi connectivity index (χ4n) is 0.927. The van der Waals surface area contributed by atoms with E-state index >= 15 is 0 Å². The zero-order valence-electron chi connectivity index (χ0n) is 7.71. The molecule has 0 bridgehead atoms. The van der Waals surface area contributed by atoms with Crippen LogP contribution in [0, 0.1) is 22.5 Å². The average molecular weight is 201 g/mol. The fourth-order valence-corrected chi connectivity index (χ4v) is 0.927. The van der Waals surface area contributed by atoms with Gasteiger partial charge in [-0.2, -0.15) is 0 Å². The van der Waals surface area contributed by atoms with Crippen LogP contribution in [0.1, 0.15) is 5.56 Å². The van der Waals surface area contributed by atoms with Gasteiger partial charge in [-0.3, -0.25) is 14.9 Å². The molecule has 0 saturated carbocycles. The van der Waals surface area contributed by atoms with Crippen molar-refractivity contribution in [2.75, 3.05) is 0 Å². The number of nitrogens with zero attached hydrogens (tertiary/aromatic N) is 1. The Morgan fingerprint density at radius 2 is 2.00 bits per heavy atom. The summed E-state index contributed by atoms with van der Waals surface area (Å²) in [4.78, 5) is 20.6. The molecule has 0 heterocycles. The average Bonchev–Trinajstić information content (AvgIpc) is 2.26. The van der Waals surface area contributed by atoms with Crippen molar-refractivity contribution >= 4 is 17.5 Å². The van der Waals surface area contributed by atoms with E-state index in [0.29, 0.717) is 5.56 Å². The first-order valence-electron chi connectivity index (χ1n) is 4.06. The molecule has 0 radical (unpaired) electrons. The number of non-ortho nitro benzene ring substituents is 1. The molecule has 0 aliphatic carbocycles. The molecule has 0 unspecified atom stereocenters. The Morgan fingerprint density at radius 1 is 1.40 bits per heavy atom. The highest BCUT2D eigenvalue weighted by Crippen LogP contribution is 2.12. The van der Waals surface area contributed by atoms with Gasteiger partial charge in [0.15, 0.2) is 0 Å². The van der Waals surface area contributed by atoms with E-state index in [2.05, 4.69) is 0 Å². The topological polar surface area (TPSA) is 60.2 Å². The van der Waals surface area contributed by atoms with E-state index in [4.69, 9.17) is 6.42 Å². The molecule has 1 aromatic carbocycles. The van der Waals surface area contributed by atoms with Crippen LogP contribution in [0.3, 0.4) is 0 Å². The highest BCUT2D eigenvalue weighted by atomic mass is 16.6. The molecule has 1 rings (SSSR count). The smallest absolute Gasteiger partial charge is 0.269 e. The van der Waals surface area contributed by atoms with Crippen molar-refractivity contribution in [3.8, 4) is 12.3 Å². The van der Waals surface area contributed by atoms with Gasteiger partial charge in [0.2, 0.25) is 5.78 Å². The summed E-state index contributed by atoms with van der Waals surface area (Å²) in [7, 11) is 0. The molecule has 15 heavy (non-hydrogen) atoms. The number of hydrogen-bond donors (Lipinski definition) is 0. The van der Waals surface area contributed by atoms with Gasteiger partial charge in [0.1, 0.15) is 0 Å². The summed E-state index contributed by atoms with van der Waals surface area (Å²) in [5.74, 6) is 1.49. The van der Waals surface area contributed by atoms with Crippen molar-refractivity contribution in [3.63, 3.8) is 0 Å². The number of nitro groups is 1. The quantitative estimate of drug-likeness (QED) is 0.246. The first-order chi connectivity index (χ1) is 7.13. The molecule has 0 atom stereocenters. The lowest BCUT2D eigenvalue weighted by molar-refractivity contribution is -0.384. The molecular weight excluding hydrogens is 194 g/mol. The number of carbonyl (C=O) groups is 1. The second-order valence-corrected chi connectivity index (χ2v) is 2.69. The van der Waals surface area contributed by atoms with Crippen molar-refractivity contribution in [2.24, 2.45) is 0 Å². The summed E-state index contributed by atoms with van der Waals surface area (Å²) < 4.78 is 0. The summed E-state index contributed by atoms with van der Waals surface area (Å²) in [5.41, 5.74) is 0.694.